The third-order valence-electron chi connectivity index (χ3n) is 3.55. The predicted molar refractivity (Wildman–Crippen MR) is 72.2 cm³/mol. The molecule has 5 nitrogen and oxygen atoms in total. The molecule has 0 spiro atoms. The molecule has 0 radical (unpaired) electrons. The maximum atomic E-state index is 12.4. The number of hydrogen-bond donors (Lipinski definition) is 2. The Morgan fingerprint density at radius 2 is 1.95 bits per heavy atom. The minimum Gasteiger partial charge on any atom is -0.504 e. The van der Waals surface area contributed by atoms with Crippen molar-refractivity contribution in [2.45, 2.75) is 26.9 Å². The van der Waals surface area contributed by atoms with E-state index in [0.29, 0.717) is 40.4 Å². The molecule has 0 saturated carbocycles. The second-order valence-corrected chi connectivity index (χ2v) is 4.75. The Labute approximate surface area is 115 Å². The standard InChI is InChI=1S/C15H14O5/c1-3-8-7(2)20-15-9-4-11(16)12(17)5-13(9)19-6-10(15)14(8)18/h4-5,16-17H,3,6H2,1-2H3. The van der Waals surface area contributed by atoms with Crippen LogP contribution in [-0.2, 0) is 13.0 Å². The Morgan fingerprint density at radius 3 is 2.65 bits per heavy atom. The van der Waals surface area contributed by atoms with E-state index in [2.05, 4.69) is 0 Å². The molecule has 0 aliphatic carbocycles. The highest BCUT2D eigenvalue weighted by atomic mass is 16.5. The van der Waals surface area contributed by atoms with Crippen molar-refractivity contribution < 1.29 is 19.4 Å². The molecule has 0 saturated heterocycles. The SMILES string of the molecule is CCc1c(C)oc2c(c1=O)COc1cc(O)c(O)cc1-2. The smallest absolute Gasteiger partial charge is 0.195 e. The Bertz CT molecular complexity index is 758. The van der Waals surface area contributed by atoms with Crippen molar-refractivity contribution in [3.8, 4) is 28.6 Å². The first-order valence-electron chi connectivity index (χ1n) is 6.37. The van der Waals surface area contributed by atoms with Crippen molar-refractivity contribution in [2.24, 2.45) is 0 Å². The molecule has 1 aliphatic heterocycles. The summed E-state index contributed by atoms with van der Waals surface area (Å²) in [6.07, 6.45) is 0.592. The van der Waals surface area contributed by atoms with Crippen molar-refractivity contribution in [2.75, 3.05) is 0 Å². The van der Waals surface area contributed by atoms with Crippen LogP contribution < -0.4 is 10.2 Å². The molecule has 1 aromatic heterocycles. The zero-order valence-corrected chi connectivity index (χ0v) is 11.2. The number of aryl methyl sites for hydroxylation is 1. The van der Waals surface area contributed by atoms with E-state index >= 15 is 0 Å². The third-order valence-corrected chi connectivity index (χ3v) is 3.55. The van der Waals surface area contributed by atoms with Gasteiger partial charge in [0.1, 0.15) is 23.9 Å². The van der Waals surface area contributed by atoms with Crippen LogP contribution in [0.5, 0.6) is 17.2 Å². The van der Waals surface area contributed by atoms with Gasteiger partial charge in [0.25, 0.3) is 0 Å². The van der Waals surface area contributed by atoms with E-state index in [4.69, 9.17) is 9.15 Å². The summed E-state index contributed by atoms with van der Waals surface area (Å²) >= 11 is 0. The van der Waals surface area contributed by atoms with Gasteiger partial charge in [-0.05, 0) is 19.4 Å². The van der Waals surface area contributed by atoms with Crippen molar-refractivity contribution in [1.82, 2.24) is 0 Å². The van der Waals surface area contributed by atoms with Gasteiger partial charge in [-0.1, -0.05) is 6.92 Å². The largest absolute Gasteiger partial charge is 0.504 e. The summed E-state index contributed by atoms with van der Waals surface area (Å²) in [6, 6.07) is 2.66. The number of ether oxygens (including phenoxy) is 1. The summed E-state index contributed by atoms with van der Waals surface area (Å²) in [7, 11) is 0. The molecular weight excluding hydrogens is 260 g/mol. The van der Waals surface area contributed by atoms with Crippen LogP contribution in [-0.4, -0.2) is 10.2 Å². The average Bonchev–Trinajstić information content (AvgIpc) is 2.41. The van der Waals surface area contributed by atoms with Crippen LogP contribution in [0.1, 0.15) is 23.8 Å². The summed E-state index contributed by atoms with van der Waals surface area (Å²) in [4.78, 5) is 12.4. The van der Waals surface area contributed by atoms with Crippen LogP contribution in [0.25, 0.3) is 11.3 Å². The van der Waals surface area contributed by atoms with E-state index in [1.54, 1.807) is 6.92 Å². The van der Waals surface area contributed by atoms with Gasteiger partial charge < -0.3 is 19.4 Å². The average molecular weight is 274 g/mol. The first-order chi connectivity index (χ1) is 9.52. The van der Waals surface area contributed by atoms with Crippen LogP contribution in [0.2, 0.25) is 0 Å². The van der Waals surface area contributed by atoms with E-state index in [1.165, 1.54) is 12.1 Å². The number of rotatable bonds is 1. The zero-order valence-electron chi connectivity index (χ0n) is 11.2. The summed E-state index contributed by atoms with van der Waals surface area (Å²) in [6.45, 7) is 3.74. The van der Waals surface area contributed by atoms with Crippen LogP contribution in [0, 0.1) is 6.92 Å². The molecule has 2 heterocycles. The Kier molecular flexibility index (Phi) is 2.71. The highest BCUT2D eigenvalue weighted by Gasteiger charge is 2.26. The lowest BCUT2D eigenvalue weighted by atomic mass is 10.00. The summed E-state index contributed by atoms with van der Waals surface area (Å²) in [5.41, 5.74) is 1.48. The number of aromatic hydroxyl groups is 2. The van der Waals surface area contributed by atoms with E-state index < -0.39 is 0 Å². The fourth-order valence-corrected chi connectivity index (χ4v) is 2.48. The van der Waals surface area contributed by atoms with Crippen molar-refractivity contribution in [1.29, 1.82) is 0 Å². The Balaban J connectivity index is 2.33. The predicted octanol–water partition coefficient (Wildman–Crippen LogP) is 2.48. The molecule has 0 fully saturated rings. The van der Waals surface area contributed by atoms with Crippen molar-refractivity contribution in [3.63, 3.8) is 0 Å². The Hall–Kier alpha value is -2.43. The fourth-order valence-electron chi connectivity index (χ4n) is 2.48. The second-order valence-electron chi connectivity index (χ2n) is 4.75. The lowest BCUT2D eigenvalue weighted by Gasteiger charge is -2.21. The van der Waals surface area contributed by atoms with Crippen LogP contribution in [0.15, 0.2) is 21.3 Å². The highest BCUT2D eigenvalue weighted by Crippen LogP contribution is 2.43. The summed E-state index contributed by atoms with van der Waals surface area (Å²) < 4.78 is 11.2. The number of hydrogen-bond acceptors (Lipinski definition) is 5. The number of benzene rings is 1. The van der Waals surface area contributed by atoms with E-state index in [0.717, 1.165) is 0 Å². The lowest BCUT2D eigenvalue weighted by Crippen LogP contribution is -2.21. The second kappa shape index (κ2) is 4.30. The molecule has 5 heteroatoms. The molecule has 20 heavy (non-hydrogen) atoms. The monoisotopic (exact) mass is 274 g/mol. The highest BCUT2D eigenvalue weighted by molar-refractivity contribution is 5.74. The van der Waals surface area contributed by atoms with Gasteiger partial charge in [-0.3, -0.25) is 4.79 Å². The van der Waals surface area contributed by atoms with Gasteiger partial charge in [-0.2, -0.15) is 0 Å². The molecule has 104 valence electrons. The fraction of sp³-hybridized carbons (Fsp3) is 0.267. The van der Waals surface area contributed by atoms with Gasteiger partial charge in [0.15, 0.2) is 16.9 Å². The molecule has 3 rings (SSSR count). The summed E-state index contributed by atoms with van der Waals surface area (Å²) in [5, 5.41) is 19.1. The molecule has 2 aromatic rings. The van der Waals surface area contributed by atoms with Gasteiger partial charge in [-0.25, -0.2) is 0 Å². The van der Waals surface area contributed by atoms with E-state index in [9.17, 15) is 15.0 Å². The molecule has 1 aliphatic rings. The van der Waals surface area contributed by atoms with Gasteiger partial charge in [0.2, 0.25) is 0 Å². The number of phenols is 2. The number of fused-ring (bicyclic) bond motifs is 3. The molecule has 0 unspecified atom stereocenters. The number of phenolic OH excluding ortho intramolecular Hbond substituents is 2. The molecule has 0 amide bonds. The molecule has 1 aromatic carbocycles. The maximum Gasteiger partial charge on any atom is 0.195 e. The van der Waals surface area contributed by atoms with Gasteiger partial charge in [-0.15, -0.1) is 0 Å². The maximum absolute atomic E-state index is 12.4. The topological polar surface area (TPSA) is 79.9 Å². The molecule has 2 N–H and O–H groups in total. The molecule has 0 atom stereocenters. The van der Waals surface area contributed by atoms with Crippen molar-refractivity contribution in [3.05, 3.63) is 39.2 Å². The third kappa shape index (κ3) is 1.66. The van der Waals surface area contributed by atoms with Crippen molar-refractivity contribution >= 4 is 0 Å². The van der Waals surface area contributed by atoms with Crippen LogP contribution >= 0.6 is 0 Å². The Morgan fingerprint density at radius 1 is 1.25 bits per heavy atom. The lowest BCUT2D eigenvalue weighted by molar-refractivity contribution is 0.289. The first-order valence-corrected chi connectivity index (χ1v) is 6.37. The van der Waals surface area contributed by atoms with Crippen LogP contribution in [0.3, 0.4) is 0 Å². The summed E-state index contributed by atoms with van der Waals surface area (Å²) in [5.74, 6) is 0.814. The van der Waals surface area contributed by atoms with Gasteiger partial charge in [0, 0.05) is 11.6 Å². The van der Waals surface area contributed by atoms with E-state index in [-0.39, 0.29) is 23.5 Å². The molecule has 0 bridgehead atoms. The quantitative estimate of drug-likeness (QED) is 0.781. The zero-order chi connectivity index (χ0) is 14.4. The van der Waals surface area contributed by atoms with Gasteiger partial charge >= 0.3 is 0 Å². The molecular formula is C15H14O5. The minimum absolute atomic E-state index is 0.0792. The first kappa shape index (κ1) is 12.6. The van der Waals surface area contributed by atoms with E-state index in [1.807, 2.05) is 6.92 Å². The minimum atomic E-state index is -0.278. The van der Waals surface area contributed by atoms with Crippen LogP contribution in [0.4, 0.5) is 0 Å². The van der Waals surface area contributed by atoms with Gasteiger partial charge in [0.05, 0.1) is 11.1 Å². The normalized spacial score (nSPS) is 12.5.